The summed E-state index contributed by atoms with van der Waals surface area (Å²) < 4.78 is 0. The second kappa shape index (κ2) is 5.97. The second-order valence-corrected chi connectivity index (χ2v) is 5.26. The lowest BCUT2D eigenvalue weighted by Gasteiger charge is -2.00. The molecule has 3 heteroatoms. The lowest BCUT2D eigenvalue weighted by atomic mass is 10.2. The lowest BCUT2D eigenvalue weighted by Crippen LogP contribution is -1.90. The molecule has 0 atom stereocenters. The van der Waals surface area contributed by atoms with E-state index in [0.717, 1.165) is 33.2 Å². The standard InChI is InChI=1S/C20H14N3/c1-3-7-19-15(5-1)9-11-17(22-19)13-21-14-18-12-10-16-6-2-4-8-20(16)23-18/h1-14H. The number of fused-ring (bicyclic) bond motifs is 2. The van der Waals surface area contributed by atoms with E-state index in [1.807, 2.05) is 60.7 Å². The Labute approximate surface area is 134 Å². The molecule has 2 aromatic heterocycles. The van der Waals surface area contributed by atoms with Gasteiger partial charge >= 0.3 is 0 Å². The van der Waals surface area contributed by atoms with Crippen molar-refractivity contribution < 1.29 is 0 Å². The molecule has 0 N–H and O–H groups in total. The van der Waals surface area contributed by atoms with Gasteiger partial charge in [-0.15, -0.1) is 0 Å². The van der Waals surface area contributed by atoms with Crippen LogP contribution in [0.3, 0.4) is 0 Å². The average molecular weight is 296 g/mol. The molecule has 4 rings (SSSR count). The Morgan fingerprint density at radius 2 is 1.17 bits per heavy atom. The van der Waals surface area contributed by atoms with E-state index < -0.39 is 0 Å². The van der Waals surface area contributed by atoms with Crippen LogP contribution in [0, 0.1) is 6.54 Å². The van der Waals surface area contributed by atoms with Gasteiger partial charge in [0, 0.05) is 17.0 Å². The Kier molecular flexibility index (Phi) is 3.53. The minimum Gasteiger partial charge on any atom is -0.279 e. The highest BCUT2D eigenvalue weighted by Gasteiger charge is 1.98. The number of rotatable bonds is 3. The smallest absolute Gasteiger partial charge is 0.120 e. The van der Waals surface area contributed by atoms with Crippen molar-refractivity contribution in [1.29, 1.82) is 0 Å². The first-order valence-electron chi connectivity index (χ1n) is 7.46. The fourth-order valence-corrected chi connectivity index (χ4v) is 2.50. The molecule has 3 nitrogen and oxygen atoms in total. The van der Waals surface area contributed by atoms with E-state index in [1.54, 1.807) is 12.8 Å². The number of para-hydroxylation sites is 2. The van der Waals surface area contributed by atoms with Crippen LogP contribution in [0.2, 0.25) is 0 Å². The summed E-state index contributed by atoms with van der Waals surface area (Å²) in [5.41, 5.74) is 3.61. The Hall–Kier alpha value is -3.07. The van der Waals surface area contributed by atoms with Crippen molar-refractivity contribution >= 4 is 28.0 Å². The highest BCUT2D eigenvalue weighted by molar-refractivity contribution is 5.85. The summed E-state index contributed by atoms with van der Waals surface area (Å²) in [4.78, 5) is 13.5. The monoisotopic (exact) mass is 296 g/mol. The van der Waals surface area contributed by atoms with Crippen LogP contribution in [0.15, 0.2) is 77.8 Å². The van der Waals surface area contributed by atoms with E-state index in [9.17, 15) is 0 Å². The van der Waals surface area contributed by atoms with E-state index in [4.69, 9.17) is 0 Å². The molecule has 23 heavy (non-hydrogen) atoms. The van der Waals surface area contributed by atoms with Crippen LogP contribution in [0.25, 0.3) is 21.8 Å². The molecule has 0 fully saturated rings. The number of benzene rings is 2. The third kappa shape index (κ3) is 2.94. The lowest BCUT2D eigenvalue weighted by molar-refractivity contribution is 1.22. The second-order valence-electron chi connectivity index (χ2n) is 5.26. The van der Waals surface area contributed by atoms with Crippen LogP contribution in [0.4, 0.5) is 0 Å². The molecule has 0 saturated carbocycles. The van der Waals surface area contributed by atoms with Crippen LogP contribution in [-0.4, -0.2) is 16.2 Å². The van der Waals surface area contributed by atoms with Gasteiger partial charge in [-0.3, -0.25) is 9.98 Å². The molecule has 4 aromatic rings. The maximum atomic E-state index is 4.57. The number of nitrogens with zero attached hydrogens (tertiary/aromatic N) is 3. The van der Waals surface area contributed by atoms with Crippen LogP contribution >= 0.6 is 0 Å². The fourth-order valence-electron chi connectivity index (χ4n) is 2.50. The van der Waals surface area contributed by atoms with E-state index in [-0.39, 0.29) is 0 Å². The first-order valence-corrected chi connectivity index (χ1v) is 7.46. The first-order chi connectivity index (χ1) is 11.4. The molecule has 0 aliphatic heterocycles. The quantitative estimate of drug-likeness (QED) is 0.525. The third-order valence-corrected chi connectivity index (χ3v) is 3.65. The Bertz CT molecular complexity index is 1010. The Morgan fingerprint density at radius 1 is 0.609 bits per heavy atom. The number of aliphatic imine (C=N–C) groups is 1. The summed E-state index contributed by atoms with van der Waals surface area (Å²) in [6.07, 6.45) is 1.75. The van der Waals surface area contributed by atoms with Crippen molar-refractivity contribution in [3.05, 3.63) is 90.7 Å². The van der Waals surface area contributed by atoms with Crippen LogP contribution in [0.5, 0.6) is 0 Å². The van der Waals surface area contributed by atoms with Crippen molar-refractivity contribution in [1.82, 2.24) is 9.97 Å². The molecule has 0 aliphatic carbocycles. The molecule has 0 amide bonds. The summed E-state index contributed by atoms with van der Waals surface area (Å²) in [5, 5.41) is 2.26. The first kappa shape index (κ1) is 13.6. The molecule has 0 spiro atoms. The Morgan fingerprint density at radius 3 is 1.87 bits per heavy atom. The molecular formula is C20H14N3. The van der Waals surface area contributed by atoms with Gasteiger partial charge in [-0.05, 0) is 24.3 Å². The van der Waals surface area contributed by atoms with Gasteiger partial charge in [-0.1, -0.05) is 48.5 Å². The van der Waals surface area contributed by atoms with Crippen molar-refractivity contribution in [2.75, 3.05) is 0 Å². The van der Waals surface area contributed by atoms with Gasteiger partial charge in [0.2, 0.25) is 0 Å². The van der Waals surface area contributed by atoms with Crippen LogP contribution in [0.1, 0.15) is 11.4 Å². The van der Waals surface area contributed by atoms with Gasteiger partial charge in [0.25, 0.3) is 0 Å². The van der Waals surface area contributed by atoms with Crippen molar-refractivity contribution in [3.8, 4) is 0 Å². The van der Waals surface area contributed by atoms with Crippen LogP contribution in [-0.2, 0) is 0 Å². The zero-order valence-corrected chi connectivity index (χ0v) is 12.4. The topological polar surface area (TPSA) is 38.1 Å². The summed E-state index contributed by atoms with van der Waals surface area (Å²) in [5.74, 6) is 0. The van der Waals surface area contributed by atoms with E-state index in [1.165, 1.54) is 0 Å². The van der Waals surface area contributed by atoms with Gasteiger partial charge in [0.1, 0.15) is 6.54 Å². The summed E-state index contributed by atoms with van der Waals surface area (Å²) in [7, 11) is 0. The molecule has 2 heterocycles. The van der Waals surface area contributed by atoms with E-state index in [2.05, 4.69) is 27.1 Å². The van der Waals surface area contributed by atoms with Gasteiger partial charge in [0.05, 0.1) is 22.4 Å². The maximum Gasteiger partial charge on any atom is 0.120 e. The predicted octanol–water partition coefficient (Wildman–Crippen LogP) is 4.41. The number of hydrogen-bond donors (Lipinski definition) is 0. The van der Waals surface area contributed by atoms with E-state index >= 15 is 0 Å². The predicted molar refractivity (Wildman–Crippen MR) is 94.5 cm³/mol. The fraction of sp³-hybridized carbons (Fsp3) is 0. The zero-order valence-electron chi connectivity index (χ0n) is 12.4. The minimum absolute atomic E-state index is 0.834. The third-order valence-electron chi connectivity index (χ3n) is 3.65. The number of hydrogen-bond acceptors (Lipinski definition) is 3. The molecular weight excluding hydrogens is 282 g/mol. The normalized spacial score (nSPS) is 11.5. The van der Waals surface area contributed by atoms with Gasteiger partial charge < -0.3 is 0 Å². The zero-order chi connectivity index (χ0) is 15.5. The maximum absolute atomic E-state index is 4.57. The summed E-state index contributed by atoms with van der Waals surface area (Å²) >= 11 is 0. The van der Waals surface area contributed by atoms with Crippen molar-refractivity contribution in [2.24, 2.45) is 4.99 Å². The average Bonchev–Trinajstić information content (AvgIpc) is 2.61. The SMILES string of the molecule is [CH](N=Cc1ccc2ccccc2n1)c1ccc2ccccc2n1. The highest BCUT2D eigenvalue weighted by atomic mass is 14.8. The van der Waals surface area contributed by atoms with Gasteiger partial charge in [0.15, 0.2) is 0 Å². The van der Waals surface area contributed by atoms with Gasteiger partial charge in [-0.25, -0.2) is 4.98 Å². The number of aromatic nitrogens is 2. The van der Waals surface area contributed by atoms with E-state index in [0.29, 0.717) is 0 Å². The largest absolute Gasteiger partial charge is 0.279 e. The molecule has 1 radical (unpaired) electrons. The highest BCUT2D eigenvalue weighted by Crippen LogP contribution is 2.13. The molecule has 2 aromatic carbocycles. The number of pyridine rings is 2. The molecule has 0 unspecified atom stereocenters. The van der Waals surface area contributed by atoms with Crippen LogP contribution < -0.4 is 0 Å². The molecule has 109 valence electrons. The van der Waals surface area contributed by atoms with Gasteiger partial charge in [-0.2, -0.15) is 0 Å². The molecule has 0 saturated heterocycles. The summed E-state index contributed by atoms with van der Waals surface area (Å²) in [6, 6.07) is 24.1. The Balaban J connectivity index is 1.55. The minimum atomic E-state index is 0.834. The summed E-state index contributed by atoms with van der Waals surface area (Å²) in [6.45, 7) is 1.75. The molecule has 0 bridgehead atoms. The van der Waals surface area contributed by atoms with Crippen molar-refractivity contribution in [2.45, 2.75) is 0 Å². The van der Waals surface area contributed by atoms with Crippen molar-refractivity contribution in [3.63, 3.8) is 0 Å². The molecule has 0 aliphatic rings.